The molecular formula is C34H35F3IrN4Si-2. The van der Waals surface area contributed by atoms with Crippen molar-refractivity contribution in [2.75, 3.05) is 0 Å². The van der Waals surface area contributed by atoms with Crippen LogP contribution in [0.4, 0.5) is 13.2 Å². The predicted molar refractivity (Wildman–Crippen MR) is 165 cm³/mol. The SMILES string of the molecule is CC(C)c1cccc(C(C)C)c1-n1ccnc1-c1[c-]cc(F)cc1.C[Si](C)(C)c1ccc(-c2[c-]cc(F)nc2F)nc1.[Ir]. The number of nitrogens with zero attached hydrogens (tertiary/aromatic N) is 4. The van der Waals surface area contributed by atoms with Gasteiger partial charge in [-0.05, 0) is 33.8 Å². The molecule has 5 rings (SSSR count). The van der Waals surface area contributed by atoms with Crippen LogP contribution in [0.1, 0.15) is 50.7 Å². The molecule has 227 valence electrons. The molecule has 0 aliphatic carbocycles. The van der Waals surface area contributed by atoms with E-state index in [2.05, 4.69) is 97.2 Å². The Hall–Kier alpha value is -3.39. The Balaban J connectivity index is 0.000000239. The number of benzene rings is 2. The zero-order valence-electron chi connectivity index (χ0n) is 25.3. The molecule has 1 radical (unpaired) electrons. The largest absolute Gasteiger partial charge is 0.340 e. The van der Waals surface area contributed by atoms with E-state index in [1.807, 2.05) is 12.3 Å². The van der Waals surface area contributed by atoms with Gasteiger partial charge in [0.15, 0.2) is 0 Å². The van der Waals surface area contributed by atoms with Crippen LogP contribution in [-0.2, 0) is 20.1 Å². The average Bonchev–Trinajstić information content (AvgIpc) is 3.42. The maximum absolute atomic E-state index is 13.5. The third-order valence-corrected chi connectivity index (χ3v) is 8.90. The van der Waals surface area contributed by atoms with E-state index >= 15 is 0 Å². The zero-order valence-corrected chi connectivity index (χ0v) is 28.7. The minimum absolute atomic E-state index is 0. The fourth-order valence-electron chi connectivity index (χ4n) is 4.56. The molecular weight excluding hydrogens is 742 g/mol. The van der Waals surface area contributed by atoms with Crippen LogP contribution in [-0.4, -0.2) is 27.6 Å². The molecule has 5 aromatic rings. The van der Waals surface area contributed by atoms with Crippen LogP contribution < -0.4 is 5.19 Å². The molecule has 0 aliphatic rings. The third kappa shape index (κ3) is 8.16. The second-order valence-corrected chi connectivity index (χ2v) is 16.8. The van der Waals surface area contributed by atoms with E-state index in [9.17, 15) is 13.2 Å². The van der Waals surface area contributed by atoms with Crippen LogP contribution in [0.3, 0.4) is 0 Å². The first-order chi connectivity index (χ1) is 19.9. The molecule has 0 saturated carbocycles. The van der Waals surface area contributed by atoms with Gasteiger partial charge in [0.05, 0.1) is 13.9 Å². The molecule has 0 unspecified atom stereocenters. The molecule has 0 aliphatic heterocycles. The smallest absolute Gasteiger partial charge is 0.128 e. The van der Waals surface area contributed by atoms with Gasteiger partial charge in [0.25, 0.3) is 0 Å². The molecule has 3 heterocycles. The van der Waals surface area contributed by atoms with E-state index in [1.165, 1.54) is 34.1 Å². The van der Waals surface area contributed by atoms with E-state index in [1.54, 1.807) is 24.5 Å². The molecule has 0 atom stereocenters. The fraction of sp³-hybridized carbons (Fsp3) is 0.265. The number of pyridine rings is 2. The number of hydrogen-bond donors (Lipinski definition) is 0. The van der Waals surface area contributed by atoms with Gasteiger partial charge in [-0.15, -0.1) is 35.9 Å². The molecule has 2 aromatic carbocycles. The van der Waals surface area contributed by atoms with Crippen LogP contribution in [0, 0.1) is 29.8 Å². The van der Waals surface area contributed by atoms with Crippen molar-refractivity contribution in [3.8, 4) is 28.3 Å². The van der Waals surface area contributed by atoms with Gasteiger partial charge in [0, 0.05) is 50.2 Å². The minimum atomic E-state index is -1.42. The van der Waals surface area contributed by atoms with E-state index in [0.717, 1.165) is 17.5 Å². The number of para-hydroxylation sites is 1. The van der Waals surface area contributed by atoms with E-state index in [4.69, 9.17) is 0 Å². The van der Waals surface area contributed by atoms with Crippen LogP contribution >= 0.6 is 0 Å². The third-order valence-electron chi connectivity index (χ3n) is 6.87. The van der Waals surface area contributed by atoms with Crippen molar-refractivity contribution >= 4 is 13.3 Å². The number of hydrogen-bond acceptors (Lipinski definition) is 3. The minimum Gasteiger partial charge on any atom is -0.340 e. The van der Waals surface area contributed by atoms with Gasteiger partial charge >= 0.3 is 0 Å². The summed E-state index contributed by atoms with van der Waals surface area (Å²) in [6.45, 7) is 15.4. The standard InChI is InChI=1S/C21H22FN2.C13H13F2N2Si.Ir/c1-14(2)18-6-5-7-19(15(3)4)20(18)24-13-12-23-21(24)16-8-10-17(22)11-9-16;1-18(2,3)9-4-6-11(16-8-9)10-5-7-12(14)17-13(10)15;/h5-8,10-15H,1-4H3;4,6-8H,1-3H3;/q2*-1;. The first-order valence-electron chi connectivity index (χ1n) is 13.9. The van der Waals surface area contributed by atoms with Crippen LogP contribution in [0.5, 0.6) is 0 Å². The summed E-state index contributed by atoms with van der Waals surface area (Å²) in [6, 6.07) is 21.2. The van der Waals surface area contributed by atoms with Crippen molar-refractivity contribution in [1.82, 2.24) is 19.5 Å². The van der Waals surface area contributed by atoms with Gasteiger partial charge in [-0.25, -0.2) is 8.78 Å². The number of halogens is 3. The summed E-state index contributed by atoms with van der Waals surface area (Å²) in [6.07, 6.45) is 5.51. The first-order valence-corrected chi connectivity index (χ1v) is 17.4. The van der Waals surface area contributed by atoms with Crippen LogP contribution in [0.15, 0.2) is 73.2 Å². The normalized spacial score (nSPS) is 11.3. The summed E-state index contributed by atoms with van der Waals surface area (Å²) in [5.41, 5.74) is 5.04. The molecule has 9 heteroatoms. The number of rotatable bonds is 6. The zero-order chi connectivity index (χ0) is 30.6. The predicted octanol–water partition coefficient (Wildman–Crippen LogP) is 8.49. The van der Waals surface area contributed by atoms with Crippen molar-refractivity contribution in [3.05, 3.63) is 114 Å². The molecule has 0 N–H and O–H groups in total. The Morgan fingerprint density at radius 2 is 1.49 bits per heavy atom. The van der Waals surface area contributed by atoms with Gasteiger partial charge in [0.1, 0.15) is 11.9 Å². The van der Waals surface area contributed by atoms with Crippen LogP contribution in [0.2, 0.25) is 19.6 Å². The summed E-state index contributed by atoms with van der Waals surface area (Å²) in [5, 5.41) is 1.18. The Kier molecular flexibility index (Phi) is 11.4. The Labute approximate surface area is 266 Å². The Morgan fingerprint density at radius 1 is 0.814 bits per heavy atom. The van der Waals surface area contributed by atoms with Gasteiger partial charge < -0.3 is 9.55 Å². The van der Waals surface area contributed by atoms with Gasteiger partial charge in [-0.2, -0.15) is 0 Å². The van der Waals surface area contributed by atoms with Gasteiger partial charge in [-0.3, -0.25) is 14.4 Å². The van der Waals surface area contributed by atoms with E-state index < -0.39 is 20.0 Å². The van der Waals surface area contributed by atoms with Crippen molar-refractivity contribution in [1.29, 1.82) is 0 Å². The second-order valence-electron chi connectivity index (χ2n) is 11.7. The summed E-state index contributed by atoms with van der Waals surface area (Å²) in [4.78, 5) is 11.8. The van der Waals surface area contributed by atoms with Gasteiger partial charge in [-0.1, -0.05) is 89.3 Å². The fourth-order valence-corrected chi connectivity index (χ4v) is 5.59. The maximum Gasteiger partial charge on any atom is 0.128 e. The Bertz CT molecular complexity index is 1620. The number of aromatic nitrogens is 4. The molecule has 0 bridgehead atoms. The Morgan fingerprint density at radius 3 is 2.00 bits per heavy atom. The monoisotopic (exact) mass is 777 g/mol. The summed E-state index contributed by atoms with van der Waals surface area (Å²) in [7, 11) is -1.42. The molecule has 4 nitrogen and oxygen atoms in total. The van der Waals surface area contributed by atoms with Crippen molar-refractivity contribution in [2.45, 2.75) is 59.2 Å². The van der Waals surface area contributed by atoms with Crippen molar-refractivity contribution in [3.63, 3.8) is 0 Å². The van der Waals surface area contributed by atoms with Crippen molar-refractivity contribution < 1.29 is 33.3 Å². The average molecular weight is 777 g/mol. The topological polar surface area (TPSA) is 43.6 Å². The summed E-state index contributed by atoms with van der Waals surface area (Å²) < 4.78 is 41.5. The van der Waals surface area contributed by atoms with Crippen molar-refractivity contribution in [2.24, 2.45) is 0 Å². The summed E-state index contributed by atoms with van der Waals surface area (Å²) >= 11 is 0. The van der Waals surface area contributed by atoms with E-state index in [0.29, 0.717) is 17.5 Å². The van der Waals surface area contributed by atoms with Gasteiger partial charge in [0.2, 0.25) is 0 Å². The molecule has 43 heavy (non-hydrogen) atoms. The summed E-state index contributed by atoms with van der Waals surface area (Å²) in [5.74, 6) is -0.483. The molecule has 3 aromatic heterocycles. The maximum atomic E-state index is 13.5. The van der Waals surface area contributed by atoms with Crippen LogP contribution in [0.25, 0.3) is 28.3 Å². The molecule has 0 saturated heterocycles. The van der Waals surface area contributed by atoms with E-state index in [-0.39, 0.29) is 31.5 Å². The second kappa shape index (κ2) is 14.4. The first kappa shape index (κ1) is 34.1. The molecule has 0 amide bonds. The quantitative estimate of drug-likeness (QED) is 0.0988. The molecule has 0 spiro atoms. The molecule has 0 fully saturated rings. The number of imidazole rings is 1.